The topological polar surface area (TPSA) is 51.2 Å². The number of nitrogens with one attached hydrogen (secondary N) is 1. The summed E-state index contributed by atoms with van der Waals surface area (Å²) >= 11 is 5.77. The maximum Gasteiger partial charge on any atom is 0.417 e. The number of hydrogen-bond acceptors (Lipinski definition) is 3. The second-order valence-corrected chi connectivity index (χ2v) is 6.97. The summed E-state index contributed by atoms with van der Waals surface area (Å²) in [5.41, 5.74) is -1.00. The van der Waals surface area contributed by atoms with Crippen LogP contribution < -0.4 is 10.1 Å². The molecule has 10 heteroatoms. The summed E-state index contributed by atoms with van der Waals surface area (Å²) in [6.45, 7) is 2.87. The second-order valence-electron chi connectivity index (χ2n) is 6.56. The van der Waals surface area contributed by atoms with Gasteiger partial charge in [-0.15, -0.1) is 0 Å². The van der Waals surface area contributed by atoms with Crippen molar-refractivity contribution in [3.8, 4) is 11.5 Å². The Kier molecular flexibility index (Phi) is 6.17. The molecular formula is C21H14ClF5N2O2. The number of alkyl halides is 3. The molecule has 1 N–H and O–H groups in total. The van der Waals surface area contributed by atoms with E-state index in [9.17, 15) is 26.7 Å². The van der Waals surface area contributed by atoms with Gasteiger partial charge in [-0.25, -0.2) is 9.37 Å². The first-order chi connectivity index (χ1) is 14.5. The van der Waals surface area contributed by atoms with Gasteiger partial charge in [-0.05, 0) is 61.9 Å². The van der Waals surface area contributed by atoms with E-state index in [0.717, 1.165) is 18.2 Å². The van der Waals surface area contributed by atoms with Crippen molar-refractivity contribution < 1.29 is 31.5 Å². The van der Waals surface area contributed by atoms with Crippen LogP contribution in [0.1, 0.15) is 27.2 Å². The van der Waals surface area contributed by atoms with E-state index in [0.29, 0.717) is 6.07 Å². The minimum Gasteiger partial charge on any atom is -0.455 e. The summed E-state index contributed by atoms with van der Waals surface area (Å²) < 4.78 is 72.1. The van der Waals surface area contributed by atoms with Gasteiger partial charge < -0.3 is 10.1 Å². The van der Waals surface area contributed by atoms with Crippen molar-refractivity contribution in [3.63, 3.8) is 0 Å². The fourth-order valence-electron chi connectivity index (χ4n) is 2.70. The molecule has 1 heterocycles. The molecule has 4 nitrogen and oxygen atoms in total. The van der Waals surface area contributed by atoms with Crippen molar-refractivity contribution in [1.82, 2.24) is 4.98 Å². The van der Waals surface area contributed by atoms with Gasteiger partial charge in [-0.2, -0.15) is 17.6 Å². The average Bonchev–Trinajstić information content (AvgIpc) is 2.67. The minimum atomic E-state index is -4.81. The maximum absolute atomic E-state index is 13.5. The lowest BCUT2D eigenvalue weighted by Crippen LogP contribution is -2.15. The van der Waals surface area contributed by atoms with Crippen LogP contribution >= 0.6 is 11.6 Å². The summed E-state index contributed by atoms with van der Waals surface area (Å²) in [6, 6.07) is 7.31. The highest BCUT2D eigenvalue weighted by atomic mass is 35.5. The molecule has 2 aromatic carbocycles. The van der Waals surface area contributed by atoms with Gasteiger partial charge in [0.05, 0.1) is 21.8 Å². The van der Waals surface area contributed by atoms with Crippen molar-refractivity contribution in [2.45, 2.75) is 20.0 Å². The summed E-state index contributed by atoms with van der Waals surface area (Å²) in [5, 5.41) is 1.75. The monoisotopic (exact) mass is 456 g/mol. The van der Waals surface area contributed by atoms with Crippen molar-refractivity contribution in [2.75, 3.05) is 5.32 Å². The Bertz CT molecular complexity index is 1170. The Morgan fingerprint density at radius 1 is 1.03 bits per heavy atom. The number of benzene rings is 2. The molecule has 0 atom stereocenters. The third kappa shape index (κ3) is 5.11. The zero-order valence-electron chi connectivity index (χ0n) is 16.1. The molecule has 1 aromatic heterocycles. The van der Waals surface area contributed by atoms with Crippen LogP contribution in [0.4, 0.5) is 27.6 Å². The Labute approximate surface area is 178 Å². The van der Waals surface area contributed by atoms with E-state index in [-0.39, 0.29) is 28.3 Å². The molecule has 31 heavy (non-hydrogen) atoms. The zero-order valence-corrected chi connectivity index (χ0v) is 16.8. The molecule has 3 rings (SSSR count). The fraction of sp³-hybridized carbons (Fsp3) is 0.143. The van der Waals surface area contributed by atoms with Crippen LogP contribution in [0.15, 0.2) is 42.5 Å². The highest BCUT2D eigenvalue weighted by molar-refractivity contribution is 6.32. The van der Waals surface area contributed by atoms with E-state index in [1.807, 2.05) is 0 Å². The lowest BCUT2D eigenvalue weighted by atomic mass is 10.1. The Morgan fingerprint density at radius 2 is 1.74 bits per heavy atom. The molecular weight excluding hydrogens is 443 g/mol. The average molecular weight is 457 g/mol. The summed E-state index contributed by atoms with van der Waals surface area (Å²) in [5.74, 6) is -2.65. The predicted molar refractivity (Wildman–Crippen MR) is 105 cm³/mol. The van der Waals surface area contributed by atoms with Gasteiger partial charge in [0.2, 0.25) is 5.95 Å². The third-order valence-corrected chi connectivity index (χ3v) is 4.57. The van der Waals surface area contributed by atoms with Gasteiger partial charge in [0.25, 0.3) is 5.91 Å². The summed E-state index contributed by atoms with van der Waals surface area (Å²) in [7, 11) is 0. The van der Waals surface area contributed by atoms with Crippen molar-refractivity contribution in [1.29, 1.82) is 0 Å². The lowest BCUT2D eigenvalue weighted by molar-refractivity contribution is -0.137. The number of rotatable bonds is 4. The SMILES string of the molecule is Cc1cc(NC(=O)c2cc(Cl)c(C(F)(F)F)cc2Oc2ccc(F)nc2C)ccc1F. The largest absolute Gasteiger partial charge is 0.455 e. The van der Waals surface area contributed by atoms with Crippen LogP contribution in [0.2, 0.25) is 5.02 Å². The standard InChI is InChI=1S/C21H14ClF5N2O2/c1-10-7-12(3-4-16(10)23)29-20(30)13-8-15(22)14(21(25,26)27)9-18(13)31-17-5-6-19(24)28-11(17)2/h3-9H,1-2H3,(H,29,30). The van der Waals surface area contributed by atoms with Crippen LogP contribution in [0, 0.1) is 25.6 Å². The number of aryl methyl sites for hydroxylation is 2. The maximum atomic E-state index is 13.5. The van der Waals surface area contributed by atoms with Crippen LogP contribution in [0.25, 0.3) is 0 Å². The fourth-order valence-corrected chi connectivity index (χ4v) is 2.97. The lowest BCUT2D eigenvalue weighted by Gasteiger charge is -2.17. The molecule has 1 amide bonds. The number of carbonyl (C=O) groups excluding carboxylic acids is 1. The van der Waals surface area contributed by atoms with Gasteiger partial charge in [-0.1, -0.05) is 11.6 Å². The first-order valence-corrected chi connectivity index (χ1v) is 9.12. The van der Waals surface area contributed by atoms with Crippen LogP contribution in [-0.2, 0) is 6.18 Å². The van der Waals surface area contributed by atoms with Crippen molar-refractivity contribution in [3.05, 3.63) is 81.6 Å². The quantitative estimate of drug-likeness (QED) is 0.351. The number of hydrogen-bond donors (Lipinski definition) is 1. The van der Waals surface area contributed by atoms with Gasteiger partial charge in [0.15, 0.2) is 0 Å². The highest BCUT2D eigenvalue weighted by Gasteiger charge is 2.35. The van der Waals surface area contributed by atoms with E-state index in [4.69, 9.17) is 16.3 Å². The summed E-state index contributed by atoms with van der Waals surface area (Å²) in [6.07, 6.45) is -4.81. The smallest absolute Gasteiger partial charge is 0.417 e. The molecule has 0 radical (unpaired) electrons. The zero-order chi connectivity index (χ0) is 22.9. The Balaban J connectivity index is 2.05. The van der Waals surface area contributed by atoms with Gasteiger partial charge in [-0.3, -0.25) is 4.79 Å². The van der Waals surface area contributed by atoms with Crippen molar-refractivity contribution >= 4 is 23.2 Å². The molecule has 0 aliphatic rings. The number of halogens is 6. The molecule has 3 aromatic rings. The number of aromatic nitrogens is 1. The molecule has 0 aliphatic carbocycles. The molecule has 0 saturated heterocycles. The number of ether oxygens (including phenoxy) is 1. The molecule has 0 fully saturated rings. The van der Waals surface area contributed by atoms with Crippen LogP contribution in [0.3, 0.4) is 0 Å². The second kappa shape index (κ2) is 8.50. The van der Waals surface area contributed by atoms with Crippen LogP contribution in [-0.4, -0.2) is 10.9 Å². The Hall–Kier alpha value is -3.20. The van der Waals surface area contributed by atoms with Gasteiger partial charge in [0.1, 0.15) is 17.3 Å². The molecule has 0 bridgehead atoms. The molecule has 0 aliphatic heterocycles. The number of nitrogens with zero attached hydrogens (tertiary/aromatic N) is 1. The molecule has 0 unspecified atom stereocenters. The molecule has 0 saturated carbocycles. The number of anilines is 1. The summed E-state index contributed by atoms with van der Waals surface area (Å²) in [4.78, 5) is 16.3. The van der Waals surface area contributed by atoms with Gasteiger partial charge >= 0.3 is 6.18 Å². The number of pyridine rings is 1. The van der Waals surface area contributed by atoms with Crippen LogP contribution in [0.5, 0.6) is 11.5 Å². The van der Waals surface area contributed by atoms with E-state index in [1.165, 1.54) is 32.0 Å². The van der Waals surface area contributed by atoms with E-state index >= 15 is 0 Å². The van der Waals surface area contributed by atoms with E-state index in [1.54, 1.807) is 0 Å². The predicted octanol–water partition coefficient (Wildman–Crippen LogP) is 6.69. The molecule has 0 spiro atoms. The first-order valence-electron chi connectivity index (χ1n) is 8.75. The number of carbonyl (C=O) groups is 1. The van der Waals surface area contributed by atoms with E-state index < -0.39 is 40.2 Å². The van der Waals surface area contributed by atoms with Gasteiger partial charge in [0, 0.05) is 5.69 Å². The normalized spacial score (nSPS) is 11.4. The van der Waals surface area contributed by atoms with Crippen molar-refractivity contribution in [2.24, 2.45) is 0 Å². The highest BCUT2D eigenvalue weighted by Crippen LogP contribution is 2.40. The third-order valence-electron chi connectivity index (χ3n) is 4.26. The molecule has 162 valence electrons. The number of amides is 1. The van der Waals surface area contributed by atoms with E-state index in [2.05, 4.69) is 10.3 Å². The first kappa shape index (κ1) is 22.5. The Morgan fingerprint density at radius 3 is 2.35 bits per heavy atom. The minimum absolute atomic E-state index is 0.0523.